The van der Waals surface area contributed by atoms with Gasteiger partial charge in [0.05, 0.1) is 23.8 Å². The number of pyridine rings is 2. The molecule has 94 heavy (non-hydrogen) atoms. The van der Waals surface area contributed by atoms with Crippen molar-refractivity contribution in [1.82, 2.24) is 9.97 Å². The van der Waals surface area contributed by atoms with Gasteiger partial charge >= 0.3 is 154 Å². The molecule has 526 valence electrons. The van der Waals surface area contributed by atoms with Crippen molar-refractivity contribution >= 4 is 58.9 Å². The zero-order valence-corrected chi connectivity index (χ0v) is 62.9. The molecule has 4 rings (SSSR count). The second-order valence-corrected chi connectivity index (χ2v) is 15.3. The van der Waals surface area contributed by atoms with Crippen molar-refractivity contribution in [3.05, 3.63) is 179 Å². The molecular formula is C61H78N6O23Tb4. The summed E-state index contributed by atoms with van der Waals surface area (Å²) in [4.78, 5) is 67.5. The van der Waals surface area contributed by atoms with E-state index in [9.17, 15) is 90.0 Å². The summed E-state index contributed by atoms with van der Waals surface area (Å²) >= 11 is 0. The van der Waals surface area contributed by atoms with Gasteiger partial charge in [0.2, 0.25) is 0 Å². The first-order valence-corrected chi connectivity index (χ1v) is 24.8. The topological polar surface area (TPSA) is 556 Å². The number of para-hydroxylation sites is 2. The Balaban J connectivity index is -0.0000000737. The van der Waals surface area contributed by atoms with E-state index >= 15 is 0 Å². The number of rotatable bonds is 12. The zero-order valence-electron chi connectivity index (χ0n) is 54.3. The van der Waals surface area contributed by atoms with Crippen molar-refractivity contribution in [2.45, 2.75) is 83.1 Å². The maximum atomic E-state index is 11.5. The first kappa shape index (κ1) is 119. The fourth-order valence-corrected chi connectivity index (χ4v) is 4.35. The van der Waals surface area contributed by atoms with Crippen molar-refractivity contribution in [2.24, 2.45) is 20.4 Å². The van der Waals surface area contributed by atoms with E-state index in [2.05, 4.69) is 30.4 Å². The molecule has 33 heteroatoms. The molecule has 4 aromatic rings. The Morgan fingerprint density at radius 3 is 0.681 bits per heavy atom. The van der Waals surface area contributed by atoms with Crippen LogP contribution in [0.5, 0.6) is 23.0 Å². The average molecular weight is 1900 g/mol. The van der Waals surface area contributed by atoms with Gasteiger partial charge in [-0.05, 0) is 113 Å². The predicted octanol–water partition coefficient (Wildman–Crippen LogP) is -4.18. The van der Waals surface area contributed by atoms with Crippen LogP contribution >= 0.6 is 0 Å². The number of carbonyl (C=O) groups excluding carboxylic acids is 6. The van der Waals surface area contributed by atoms with Gasteiger partial charge in [0, 0.05) is 59.7 Å². The largest absolute Gasteiger partial charge is 3.00 e. The minimum Gasteiger partial charge on any atom is -0.876 e. The number of carbonyl (C=O) groups is 6. The van der Waals surface area contributed by atoms with E-state index in [1.165, 1.54) is 132 Å². The fraction of sp³-hybridized carbons (Fsp3) is 0.279. The standard InChI is InChI=1S/2C13H11N3O3.6C5H8O2.5CH4O.4Tb/c2*17-11-6-3-4-9(12(11)18)8-15-16-13(19)10-5-1-2-7-14-10;6*1-4(6)3-5(2)7;5*1-2;;;;/h2*1-8,17-18H,(H,16,19);6*3,6H,1-2H3;5*2H,1H3;;;;/q;;;;;;;;;;;;;4*+3/p-12/b2*15-8+;6*4-3-;;;;;;;;;. The summed E-state index contributed by atoms with van der Waals surface area (Å²) in [5.74, 6) is -6.09. The Kier molecular flexibility index (Phi) is 106. The van der Waals surface area contributed by atoms with Gasteiger partial charge in [-0.3, -0.25) is 38.7 Å². The van der Waals surface area contributed by atoms with Gasteiger partial charge in [-0.1, -0.05) is 90.1 Å². The quantitative estimate of drug-likeness (QED) is 0.0295. The number of allylic oxidation sites excluding steroid dienone is 12. The van der Waals surface area contributed by atoms with Crippen LogP contribution < -0.4 is 61.3 Å². The predicted molar refractivity (Wildman–Crippen MR) is 315 cm³/mol. The molecule has 0 unspecified atom stereocenters. The first-order valence-electron chi connectivity index (χ1n) is 24.8. The summed E-state index contributed by atoms with van der Waals surface area (Å²) in [5, 5.41) is 177. The van der Waals surface area contributed by atoms with E-state index in [4.69, 9.17) is 25.5 Å². The molecule has 0 saturated carbocycles. The van der Waals surface area contributed by atoms with Crippen LogP contribution in [0.3, 0.4) is 0 Å². The number of hydrogen-bond donors (Lipinski definition) is 5. The molecule has 0 aliphatic heterocycles. The Morgan fingerprint density at radius 2 is 0.532 bits per heavy atom. The molecule has 0 atom stereocenters. The van der Waals surface area contributed by atoms with E-state index in [-0.39, 0.29) is 246 Å². The molecule has 2 heterocycles. The van der Waals surface area contributed by atoms with Crippen LogP contribution in [-0.2, 0) is 28.8 Å². The molecule has 29 nitrogen and oxygen atoms in total. The number of benzene rings is 2. The number of aliphatic hydroxyl groups is 5. The fourth-order valence-electron chi connectivity index (χ4n) is 4.35. The molecular weight excluding hydrogens is 1820 g/mol. The third-order valence-corrected chi connectivity index (χ3v) is 6.92. The molecule has 2 aromatic heterocycles. The van der Waals surface area contributed by atoms with Crippen molar-refractivity contribution in [3.8, 4) is 23.0 Å². The maximum absolute atomic E-state index is 11.5. The second kappa shape index (κ2) is 83.5. The molecule has 0 bridgehead atoms. The van der Waals surface area contributed by atoms with Crippen molar-refractivity contribution < 1.29 is 270 Å². The maximum Gasteiger partial charge on any atom is 3.00 e. The van der Waals surface area contributed by atoms with Gasteiger partial charge in [-0.2, -0.15) is 20.4 Å². The average Bonchev–Trinajstić information content (AvgIpc) is 1.03. The van der Waals surface area contributed by atoms with E-state index < -0.39 is 34.8 Å². The molecule has 0 amide bonds. The van der Waals surface area contributed by atoms with E-state index in [0.29, 0.717) is 0 Å². The van der Waals surface area contributed by atoms with Crippen LogP contribution in [0.2, 0.25) is 0 Å². The molecule has 0 saturated heterocycles. The van der Waals surface area contributed by atoms with Gasteiger partial charge in [-0.15, -0.1) is 57.6 Å². The summed E-state index contributed by atoms with van der Waals surface area (Å²) in [5.41, 5.74) is 0.481. The third kappa shape index (κ3) is 92.8. The monoisotopic (exact) mass is 1900 g/mol. The Hall–Kier alpha value is -5.58. The normalized spacial score (nSPS) is 10.2. The van der Waals surface area contributed by atoms with Gasteiger partial charge < -0.3 is 86.8 Å². The number of aromatic nitrogens is 2. The first-order chi connectivity index (χ1) is 42.1. The van der Waals surface area contributed by atoms with Gasteiger partial charge in [0.15, 0.2) is 34.7 Å². The number of hydrogen-bond acceptors (Lipinski definition) is 29. The molecule has 0 spiro atoms. The third-order valence-electron chi connectivity index (χ3n) is 6.92. The summed E-state index contributed by atoms with van der Waals surface area (Å²) in [6, 6.07) is 17.7. The van der Waals surface area contributed by atoms with E-state index in [0.717, 1.165) is 96.6 Å². The SMILES string of the molecule is CC(=O)/C=C(/C)[O-].CC(=O)/C=C(/C)[O-].CC(=O)/C=C(/C)[O-].CC(=O)/C=C(/C)[O-].CC(=O)/C=C(/C)[O-].CC(=O)/C=C(/C)[O-].CO.CO.CO.CO.CO.[O-]/C(=N\N=C\c1cccc([O-])c1[O-])c1ccccn1.[O-]/C(=N\N=C\c1cccc([O-])c1[O-])c1ccccn1.[Tb+3].[Tb+3].[Tb+3].[Tb+3]. The molecule has 5 N–H and O–H groups in total. The number of aliphatic hydroxyl groups excluding tert-OH is 5. The molecule has 2 aromatic carbocycles. The van der Waals surface area contributed by atoms with Crippen molar-refractivity contribution in [3.63, 3.8) is 0 Å². The number of nitrogens with zero attached hydrogens (tertiary/aromatic N) is 6. The molecule has 0 aliphatic carbocycles. The minimum absolute atomic E-state index is 0. The Labute approximate surface area is 671 Å². The summed E-state index contributed by atoms with van der Waals surface area (Å²) in [7, 11) is 5.00. The molecule has 0 aliphatic rings. The summed E-state index contributed by atoms with van der Waals surface area (Å²) < 4.78 is 0. The van der Waals surface area contributed by atoms with E-state index in [1.54, 1.807) is 24.3 Å². The smallest absolute Gasteiger partial charge is 0.876 e. The summed E-state index contributed by atoms with van der Waals surface area (Å²) in [6.07, 6.45) is 11.4. The summed E-state index contributed by atoms with van der Waals surface area (Å²) in [6.45, 7) is 16.2. The van der Waals surface area contributed by atoms with Crippen molar-refractivity contribution in [1.29, 1.82) is 0 Å². The Morgan fingerprint density at radius 1 is 0.330 bits per heavy atom. The Bertz CT molecular complexity index is 2600. The van der Waals surface area contributed by atoms with Crippen LogP contribution in [0.25, 0.3) is 0 Å². The van der Waals surface area contributed by atoms with Crippen LogP contribution in [0.15, 0.2) is 177 Å². The van der Waals surface area contributed by atoms with Gasteiger partial charge in [-0.25, -0.2) is 0 Å². The van der Waals surface area contributed by atoms with Gasteiger partial charge in [0.1, 0.15) is 0 Å². The second-order valence-electron chi connectivity index (χ2n) is 15.3. The van der Waals surface area contributed by atoms with E-state index in [1.807, 2.05) is 0 Å². The zero-order chi connectivity index (χ0) is 72.5. The minimum atomic E-state index is -0.674. The van der Waals surface area contributed by atoms with Crippen molar-refractivity contribution in [2.75, 3.05) is 35.5 Å². The molecule has 0 radical (unpaired) electrons. The van der Waals surface area contributed by atoms with Crippen LogP contribution in [0.1, 0.15) is 106 Å². The van der Waals surface area contributed by atoms with Crippen LogP contribution in [0, 0.1) is 154 Å². The van der Waals surface area contributed by atoms with Crippen LogP contribution in [0.4, 0.5) is 0 Å². The van der Waals surface area contributed by atoms with Crippen LogP contribution in [-0.4, -0.2) is 130 Å². The molecule has 0 fully saturated rings. The number of ketones is 6. The van der Waals surface area contributed by atoms with Gasteiger partial charge in [0.25, 0.3) is 0 Å².